The molecule has 2 aromatic carbocycles. The number of benzene rings is 2. The predicted molar refractivity (Wildman–Crippen MR) is 127 cm³/mol. The SMILES string of the molecule is CCCc1cc(=O)oc2c(C)c(OC(=O)[C@@H](CCC)NS(=O)(=O)c3ccc(C)cc3)ccc12. The topological polar surface area (TPSA) is 103 Å². The van der Waals surface area contributed by atoms with Gasteiger partial charge in [-0.2, -0.15) is 4.72 Å². The Bertz CT molecular complexity index is 1310. The van der Waals surface area contributed by atoms with Gasteiger partial charge in [-0.25, -0.2) is 18.0 Å². The maximum absolute atomic E-state index is 12.9. The Morgan fingerprint density at radius 1 is 1.06 bits per heavy atom. The number of hydrogen-bond acceptors (Lipinski definition) is 6. The van der Waals surface area contributed by atoms with Crippen LogP contribution in [-0.2, 0) is 21.2 Å². The van der Waals surface area contributed by atoms with Gasteiger partial charge in [0.2, 0.25) is 10.0 Å². The highest BCUT2D eigenvalue weighted by atomic mass is 32.2. The van der Waals surface area contributed by atoms with Gasteiger partial charge in [-0.3, -0.25) is 0 Å². The van der Waals surface area contributed by atoms with Crippen LogP contribution in [0.3, 0.4) is 0 Å². The number of rotatable bonds is 9. The molecule has 0 radical (unpaired) electrons. The molecule has 7 nitrogen and oxygen atoms in total. The summed E-state index contributed by atoms with van der Waals surface area (Å²) in [5.41, 5.74) is 2.21. The Morgan fingerprint density at radius 2 is 1.76 bits per heavy atom. The van der Waals surface area contributed by atoms with Crippen LogP contribution in [0.2, 0.25) is 0 Å². The number of fused-ring (bicyclic) bond motifs is 1. The van der Waals surface area contributed by atoms with Crippen molar-refractivity contribution in [2.24, 2.45) is 0 Å². The highest BCUT2D eigenvalue weighted by molar-refractivity contribution is 7.89. The van der Waals surface area contributed by atoms with E-state index >= 15 is 0 Å². The molecule has 1 atom stereocenters. The molecule has 176 valence electrons. The lowest BCUT2D eigenvalue weighted by atomic mass is 10.0. The smallest absolute Gasteiger partial charge is 0.336 e. The lowest BCUT2D eigenvalue weighted by Crippen LogP contribution is -2.42. The third kappa shape index (κ3) is 5.69. The van der Waals surface area contributed by atoms with E-state index in [1.54, 1.807) is 31.2 Å². The van der Waals surface area contributed by atoms with Gasteiger partial charge in [0.15, 0.2) is 0 Å². The van der Waals surface area contributed by atoms with Gasteiger partial charge in [0, 0.05) is 17.0 Å². The normalized spacial score (nSPS) is 12.6. The summed E-state index contributed by atoms with van der Waals surface area (Å²) in [4.78, 5) is 25.0. The van der Waals surface area contributed by atoms with Crippen LogP contribution in [0, 0.1) is 13.8 Å². The average Bonchev–Trinajstić information content (AvgIpc) is 2.76. The largest absolute Gasteiger partial charge is 0.425 e. The second kappa shape index (κ2) is 10.3. The van der Waals surface area contributed by atoms with Gasteiger partial charge in [0.1, 0.15) is 17.4 Å². The quantitative estimate of drug-likeness (QED) is 0.282. The number of sulfonamides is 1. The van der Waals surface area contributed by atoms with Gasteiger partial charge in [-0.05, 0) is 56.5 Å². The van der Waals surface area contributed by atoms with E-state index in [1.165, 1.54) is 18.2 Å². The number of esters is 1. The molecular weight excluding hydrogens is 442 g/mol. The first-order valence-electron chi connectivity index (χ1n) is 11.0. The van der Waals surface area contributed by atoms with Crippen molar-refractivity contribution >= 4 is 27.0 Å². The Balaban J connectivity index is 1.89. The molecule has 0 amide bonds. The number of carbonyl (C=O) groups excluding carboxylic acids is 1. The van der Waals surface area contributed by atoms with Crippen molar-refractivity contribution in [1.82, 2.24) is 4.72 Å². The van der Waals surface area contributed by atoms with Crippen LogP contribution in [0.15, 0.2) is 56.6 Å². The van der Waals surface area contributed by atoms with Crippen molar-refractivity contribution in [2.75, 3.05) is 0 Å². The van der Waals surface area contributed by atoms with E-state index in [9.17, 15) is 18.0 Å². The zero-order valence-corrected chi connectivity index (χ0v) is 20.1. The molecule has 0 spiro atoms. The molecule has 0 aliphatic rings. The molecule has 8 heteroatoms. The van der Waals surface area contributed by atoms with E-state index in [2.05, 4.69) is 4.72 Å². The minimum Gasteiger partial charge on any atom is -0.425 e. The molecule has 0 aliphatic carbocycles. The summed E-state index contributed by atoms with van der Waals surface area (Å²) < 4.78 is 39.0. The summed E-state index contributed by atoms with van der Waals surface area (Å²) in [5.74, 6) is -0.498. The highest BCUT2D eigenvalue weighted by Gasteiger charge is 2.27. The molecule has 0 fully saturated rings. The van der Waals surface area contributed by atoms with Gasteiger partial charge >= 0.3 is 11.6 Å². The molecule has 0 saturated heterocycles. The van der Waals surface area contributed by atoms with Crippen LogP contribution in [0.4, 0.5) is 0 Å². The summed E-state index contributed by atoms with van der Waals surface area (Å²) in [7, 11) is -3.91. The van der Waals surface area contributed by atoms with Crippen molar-refractivity contribution in [2.45, 2.75) is 64.3 Å². The van der Waals surface area contributed by atoms with Gasteiger partial charge in [0.05, 0.1) is 4.90 Å². The van der Waals surface area contributed by atoms with Crippen molar-refractivity contribution in [3.8, 4) is 5.75 Å². The Kier molecular flexibility index (Phi) is 7.71. The van der Waals surface area contributed by atoms with Gasteiger partial charge in [-0.15, -0.1) is 0 Å². The fourth-order valence-corrected chi connectivity index (χ4v) is 4.88. The first kappa shape index (κ1) is 24.7. The maximum Gasteiger partial charge on any atom is 0.336 e. The summed E-state index contributed by atoms with van der Waals surface area (Å²) in [6, 6.07) is 10.2. The zero-order chi connectivity index (χ0) is 24.2. The number of hydrogen-bond donors (Lipinski definition) is 1. The molecule has 0 bridgehead atoms. The van der Waals surface area contributed by atoms with E-state index < -0.39 is 27.7 Å². The Labute approximate surface area is 193 Å². The summed E-state index contributed by atoms with van der Waals surface area (Å²) >= 11 is 0. The summed E-state index contributed by atoms with van der Waals surface area (Å²) in [6.07, 6.45) is 2.43. The Morgan fingerprint density at radius 3 is 2.39 bits per heavy atom. The molecular formula is C25H29NO6S. The molecule has 3 aromatic rings. The predicted octanol–water partition coefficient (Wildman–Crippen LogP) is 4.41. The number of nitrogens with one attached hydrogen (secondary N) is 1. The first-order chi connectivity index (χ1) is 15.7. The highest BCUT2D eigenvalue weighted by Crippen LogP contribution is 2.29. The van der Waals surface area contributed by atoms with Crippen molar-refractivity contribution in [1.29, 1.82) is 0 Å². The molecule has 1 aromatic heterocycles. The fourth-order valence-electron chi connectivity index (χ4n) is 3.66. The standard InChI is InChI=1S/C25H29NO6S/c1-5-7-18-15-23(27)32-24-17(4)22(14-13-20(18)24)31-25(28)21(8-6-2)26-33(29,30)19-11-9-16(3)10-12-19/h9-15,21,26H,5-8H2,1-4H3/t21-/m1/s1. The minimum atomic E-state index is -3.91. The lowest BCUT2D eigenvalue weighted by molar-refractivity contribution is -0.136. The van der Waals surface area contributed by atoms with Crippen LogP contribution in [-0.4, -0.2) is 20.4 Å². The van der Waals surface area contributed by atoms with E-state index in [-0.39, 0.29) is 17.1 Å². The first-order valence-corrected chi connectivity index (χ1v) is 12.5. The van der Waals surface area contributed by atoms with Crippen LogP contribution in [0.5, 0.6) is 5.75 Å². The molecule has 33 heavy (non-hydrogen) atoms. The number of ether oxygens (including phenoxy) is 1. The van der Waals surface area contributed by atoms with E-state index in [0.717, 1.165) is 29.4 Å². The molecule has 0 saturated carbocycles. The summed E-state index contributed by atoms with van der Waals surface area (Å²) in [5, 5.41) is 0.791. The van der Waals surface area contributed by atoms with Gasteiger partial charge in [0.25, 0.3) is 0 Å². The second-order valence-corrected chi connectivity index (χ2v) is 9.82. The van der Waals surface area contributed by atoms with E-state index in [1.807, 2.05) is 20.8 Å². The van der Waals surface area contributed by atoms with Crippen LogP contribution < -0.4 is 15.1 Å². The molecule has 3 rings (SSSR count). The van der Waals surface area contributed by atoms with Crippen molar-refractivity contribution in [3.63, 3.8) is 0 Å². The second-order valence-electron chi connectivity index (χ2n) is 8.10. The number of aryl methyl sites for hydroxylation is 3. The van der Waals surface area contributed by atoms with E-state index in [4.69, 9.17) is 9.15 Å². The van der Waals surface area contributed by atoms with Crippen LogP contribution >= 0.6 is 0 Å². The lowest BCUT2D eigenvalue weighted by Gasteiger charge is -2.18. The van der Waals surface area contributed by atoms with Crippen LogP contribution in [0.25, 0.3) is 11.0 Å². The third-order valence-corrected chi connectivity index (χ3v) is 6.90. The van der Waals surface area contributed by atoms with Crippen molar-refractivity contribution < 1.29 is 22.4 Å². The average molecular weight is 472 g/mol. The number of carbonyl (C=O) groups is 1. The van der Waals surface area contributed by atoms with Crippen LogP contribution in [0.1, 0.15) is 49.8 Å². The maximum atomic E-state index is 12.9. The zero-order valence-electron chi connectivity index (χ0n) is 19.3. The van der Waals surface area contributed by atoms with E-state index in [0.29, 0.717) is 17.6 Å². The fraction of sp³-hybridized carbons (Fsp3) is 0.360. The minimum absolute atomic E-state index is 0.0779. The molecule has 0 aliphatic heterocycles. The third-order valence-electron chi connectivity index (χ3n) is 5.42. The van der Waals surface area contributed by atoms with Gasteiger partial charge in [-0.1, -0.05) is 44.4 Å². The van der Waals surface area contributed by atoms with Gasteiger partial charge < -0.3 is 9.15 Å². The monoisotopic (exact) mass is 471 g/mol. The molecule has 1 heterocycles. The summed E-state index contributed by atoms with van der Waals surface area (Å²) in [6.45, 7) is 7.44. The Hall–Kier alpha value is -2.97. The molecule has 0 unspecified atom stereocenters. The molecule has 1 N–H and O–H groups in total. The van der Waals surface area contributed by atoms with Crippen molar-refractivity contribution in [3.05, 3.63) is 69.6 Å².